The zero-order valence-electron chi connectivity index (χ0n) is 7.88. The summed E-state index contributed by atoms with van der Waals surface area (Å²) in [5, 5.41) is 0. The Labute approximate surface area is 93.6 Å². The molecule has 0 nitrogen and oxygen atoms in total. The van der Waals surface area contributed by atoms with Crippen molar-refractivity contribution in [1.29, 1.82) is 0 Å². The first-order chi connectivity index (χ1) is 6.91. The van der Waals surface area contributed by atoms with E-state index in [1.807, 2.05) is 0 Å². The van der Waals surface area contributed by atoms with Crippen LogP contribution in [0, 0.1) is 29.1 Å². The van der Waals surface area contributed by atoms with Gasteiger partial charge in [-0.25, -0.2) is 0 Å². The predicted octanol–water partition coefficient (Wildman–Crippen LogP) is 3.20. The number of hydrogen-bond donors (Lipinski definition) is 0. The van der Waals surface area contributed by atoms with Crippen molar-refractivity contribution < 1.29 is 22.0 Å². The van der Waals surface area contributed by atoms with Crippen LogP contribution in [-0.4, -0.2) is 20.9 Å². The van der Waals surface area contributed by atoms with Gasteiger partial charge in [0.1, 0.15) is 0 Å². The summed E-state index contributed by atoms with van der Waals surface area (Å²) in [5.74, 6) is -9.23. The molecule has 0 N–H and O–H groups in total. The third kappa shape index (κ3) is 2.11. The first-order valence-electron chi connectivity index (χ1n) is 3.95. The zero-order valence-corrected chi connectivity index (χ0v) is 10.2. The summed E-state index contributed by atoms with van der Waals surface area (Å²) >= 11 is -0.808. The summed E-state index contributed by atoms with van der Waals surface area (Å²) < 4.78 is 63.8. The van der Waals surface area contributed by atoms with Crippen molar-refractivity contribution in [2.45, 2.75) is 15.9 Å². The average molecular weight is 338 g/mol. The Morgan fingerprint density at radius 2 is 1.13 bits per heavy atom. The number of hydrogen-bond acceptors (Lipinski definition) is 0. The zero-order chi connectivity index (χ0) is 11.7. The van der Waals surface area contributed by atoms with Crippen LogP contribution in [0.2, 0.25) is 4.97 Å². The van der Waals surface area contributed by atoms with Crippen LogP contribution >= 0.6 is 0 Å². The van der Waals surface area contributed by atoms with Crippen molar-refractivity contribution in [2.75, 3.05) is 0 Å². The summed E-state index contributed by atoms with van der Waals surface area (Å²) in [6.45, 7) is 1.46. The fourth-order valence-electron chi connectivity index (χ4n) is 1.10. The molecular formula is C9H7F5Te. The molecule has 1 aromatic carbocycles. The van der Waals surface area contributed by atoms with Crippen molar-refractivity contribution in [2.24, 2.45) is 0 Å². The van der Waals surface area contributed by atoms with Gasteiger partial charge in [0, 0.05) is 0 Å². The Morgan fingerprint density at radius 1 is 0.800 bits per heavy atom. The standard InChI is InChI=1S/C9H7F5Te/c1-3(15-2)4-5(10)7(12)9(14)8(13)6(4)11/h3H,1-2H3. The van der Waals surface area contributed by atoms with Gasteiger partial charge in [-0.05, 0) is 0 Å². The second-order valence-corrected chi connectivity index (χ2v) is 6.23. The van der Waals surface area contributed by atoms with E-state index in [-0.39, 0.29) is 0 Å². The Bertz CT molecular complexity index is 362. The van der Waals surface area contributed by atoms with Gasteiger partial charge in [0.05, 0.1) is 0 Å². The molecule has 1 atom stereocenters. The van der Waals surface area contributed by atoms with Gasteiger partial charge in [0.25, 0.3) is 0 Å². The van der Waals surface area contributed by atoms with Crippen LogP contribution in [0.5, 0.6) is 0 Å². The monoisotopic (exact) mass is 340 g/mol. The molecule has 1 rings (SSSR count). The van der Waals surface area contributed by atoms with Gasteiger partial charge in [0.15, 0.2) is 0 Å². The Kier molecular flexibility index (Phi) is 3.96. The van der Waals surface area contributed by atoms with E-state index < -0.39 is 59.5 Å². The Morgan fingerprint density at radius 3 is 1.47 bits per heavy atom. The van der Waals surface area contributed by atoms with Crippen molar-refractivity contribution >= 4 is 20.9 Å². The van der Waals surface area contributed by atoms with Crippen LogP contribution in [0.4, 0.5) is 22.0 Å². The van der Waals surface area contributed by atoms with Gasteiger partial charge in [0.2, 0.25) is 0 Å². The molecule has 1 aromatic rings. The average Bonchev–Trinajstić information content (AvgIpc) is 2.23. The third-order valence-electron chi connectivity index (χ3n) is 2.00. The van der Waals surface area contributed by atoms with E-state index in [4.69, 9.17) is 0 Å². The number of halogens is 5. The second kappa shape index (κ2) is 4.67. The second-order valence-electron chi connectivity index (χ2n) is 2.86. The maximum absolute atomic E-state index is 13.1. The van der Waals surface area contributed by atoms with Gasteiger partial charge < -0.3 is 0 Å². The normalized spacial score (nSPS) is 13.0. The van der Waals surface area contributed by atoms with Gasteiger partial charge in [-0.15, -0.1) is 0 Å². The molecule has 0 heterocycles. The van der Waals surface area contributed by atoms with Crippen molar-refractivity contribution in [3.63, 3.8) is 0 Å². The van der Waals surface area contributed by atoms with E-state index in [0.29, 0.717) is 0 Å². The molecule has 0 aliphatic heterocycles. The van der Waals surface area contributed by atoms with E-state index in [1.54, 1.807) is 4.97 Å². The molecule has 0 fully saturated rings. The SMILES string of the molecule is C[Te]C(C)c1c(F)c(F)c(F)c(F)c1F. The first-order valence-corrected chi connectivity index (χ1v) is 7.63. The number of rotatable bonds is 2. The fourth-order valence-corrected chi connectivity index (χ4v) is 2.36. The third-order valence-corrected chi connectivity index (χ3v) is 4.69. The predicted molar refractivity (Wildman–Crippen MR) is 46.3 cm³/mol. The van der Waals surface area contributed by atoms with Crippen molar-refractivity contribution in [1.82, 2.24) is 0 Å². The van der Waals surface area contributed by atoms with E-state index >= 15 is 0 Å². The van der Waals surface area contributed by atoms with Crippen LogP contribution in [0.3, 0.4) is 0 Å². The molecule has 6 heteroatoms. The summed E-state index contributed by atoms with van der Waals surface area (Å²) in [6, 6.07) is 0. The minimum absolute atomic E-state index is 0.583. The van der Waals surface area contributed by atoms with E-state index in [2.05, 4.69) is 0 Å². The Hall–Kier alpha value is -0.340. The molecule has 15 heavy (non-hydrogen) atoms. The molecule has 0 spiro atoms. The van der Waals surface area contributed by atoms with Gasteiger partial charge in [-0.3, -0.25) is 0 Å². The summed E-state index contributed by atoms with van der Waals surface area (Å²) in [7, 11) is 0. The van der Waals surface area contributed by atoms with E-state index in [0.717, 1.165) is 0 Å². The van der Waals surface area contributed by atoms with Crippen molar-refractivity contribution in [3.8, 4) is 0 Å². The number of benzene rings is 1. The summed E-state index contributed by atoms with van der Waals surface area (Å²) in [6.07, 6.45) is 0. The molecule has 84 valence electrons. The van der Waals surface area contributed by atoms with Gasteiger partial charge in [-0.2, -0.15) is 0 Å². The van der Waals surface area contributed by atoms with E-state index in [1.165, 1.54) is 6.92 Å². The first kappa shape index (κ1) is 12.7. The molecule has 0 radical (unpaired) electrons. The van der Waals surface area contributed by atoms with Crippen LogP contribution in [0.1, 0.15) is 16.5 Å². The molecule has 0 bridgehead atoms. The maximum atomic E-state index is 13.1. The van der Waals surface area contributed by atoms with Gasteiger partial charge >= 0.3 is 93.4 Å². The minimum atomic E-state index is -2.10. The van der Waals surface area contributed by atoms with Crippen LogP contribution < -0.4 is 0 Å². The molecule has 0 aliphatic rings. The molecular weight excluding hydrogens is 331 g/mol. The molecule has 0 aromatic heterocycles. The summed E-state index contributed by atoms with van der Waals surface area (Å²) in [5.41, 5.74) is -0.684. The van der Waals surface area contributed by atoms with Gasteiger partial charge in [-0.1, -0.05) is 0 Å². The summed E-state index contributed by atoms with van der Waals surface area (Å²) in [4.78, 5) is 1.73. The quantitative estimate of drug-likeness (QED) is 0.336. The van der Waals surface area contributed by atoms with Crippen LogP contribution in [-0.2, 0) is 0 Å². The molecule has 0 saturated heterocycles. The Balaban J connectivity index is 3.52. The molecule has 0 aliphatic carbocycles. The molecule has 0 amide bonds. The topological polar surface area (TPSA) is 0 Å². The van der Waals surface area contributed by atoms with E-state index in [9.17, 15) is 22.0 Å². The fraction of sp³-hybridized carbons (Fsp3) is 0.333. The van der Waals surface area contributed by atoms with Crippen molar-refractivity contribution in [3.05, 3.63) is 34.6 Å². The molecule has 1 unspecified atom stereocenters. The van der Waals surface area contributed by atoms with Crippen LogP contribution in [0.25, 0.3) is 0 Å². The van der Waals surface area contributed by atoms with Crippen LogP contribution in [0.15, 0.2) is 0 Å². The molecule has 0 saturated carbocycles.